The Kier molecular flexibility index (Phi) is 3.05. The Balaban J connectivity index is 1.78. The number of ether oxygens (including phenoxy) is 1. The molecule has 0 aromatic carbocycles. The molecule has 4 rings (SSSR count). The van der Waals surface area contributed by atoms with Gasteiger partial charge in [-0.3, -0.25) is 4.79 Å². The maximum atomic E-state index is 12.3. The summed E-state index contributed by atoms with van der Waals surface area (Å²) in [5.74, 6) is 0.998. The van der Waals surface area contributed by atoms with Crippen molar-refractivity contribution < 1.29 is 19.1 Å². The third-order valence-corrected chi connectivity index (χ3v) is 4.43. The van der Waals surface area contributed by atoms with E-state index in [1.165, 1.54) is 0 Å². The highest BCUT2D eigenvalue weighted by atomic mass is 16.5. The molecular formula is C16H17NO4. The summed E-state index contributed by atoms with van der Waals surface area (Å²) in [7, 11) is 0. The van der Waals surface area contributed by atoms with E-state index in [1.807, 2.05) is 12.2 Å². The molecule has 1 N–H and O–H groups in total. The van der Waals surface area contributed by atoms with Crippen LogP contribution in [0.5, 0.6) is 0 Å². The Morgan fingerprint density at radius 3 is 2.76 bits per heavy atom. The standard InChI is InChI=1S/C16H17NO4/c18-13-10-3-1-2-4-11(10)15-12(14(13)19)17-16(21-15)9-5-7-20-8-6-9/h3-4,9,13,18H,1-2,5-8H2. The second kappa shape index (κ2) is 4.93. The zero-order chi connectivity index (χ0) is 14.4. The average molecular weight is 287 g/mol. The predicted molar refractivity (Wildman–Crippen MR) is 74.9 cm³/mol. The van der Waals surface area contributed by atoms with Gasteiger partial charge in [0, 0.05) is 24.7 Å². The van der Waals surface area contributed by atoms with Crippen LogP contribution in [0.1, 0.15) is 53.7 Å². The number of carbonyl (C=O) groups is 1. The lowest BCUT2D eigenvalue weighted by Crippen LogP contribution is -2.29. The fourth-order valence-electron chi connectivity index (χ4n) is 3.25. The van der Waals surface area contributed by atoms with Crippen LogP contribution in [0.4, 0.5) is 0 Å². The zero-order valence-corrected chi connectivity index (χ0v) is 11.7. The molecule has 2 heterocycles. The van der Waals surface area contributed by atoms with Gasteiger partial charge >= 0.3 is 0 Å². The number of hydrogen-bond donors (Lipinski definition) is 1. The molecule has 0 amide bonds. The molecule has 0 radical (unpaired) electrons. The number of allylic oxidation sites excluding steroid dienone is 2. The van der Waals surface area contributed by atoms with Crippen LogP contribution in [0, 0.1) is 0 Å². The van der Waals surface area contributed by atoms with Crippen LogP contribution in [0.15, 0.2) is 22.1 Å². The van der Waals surface area contributed by atoms with E-state index in [0.29, 0.717) is 30.4 Å². The highest BCUT2D eigenvalue weighted by Gasteiger charge is 2.39. The molecule has 1 unspecified atom stereocenters. The van der Waals surface area contributed by atoms with Crippen LogP contribution in [0.3, 0.4) is 0 Å². The molecule has 1 fully saturated rings. The highest BCUT2D eigenvalue weighted by Crippen LogP contribution is 2.40. The van der Waals surface area contributed by atoms with Gasteiger partial charge in [-0.15, -0.1) is 0 Å². The maximum Gasteiger partial charge on any atom is 0.218 e. The number of oxazole rings is 1. The largest absolute Gasteiger partial charge is 0.440 e. The van der Waals surface area contributed by atoms with E-state index in [9.17, 15) is 9.90 Å². The molecular weight excluding hydrogens is 270 g/mol. The summed E-state index contributed by atoms with van der Waals surface area (Å²) >= 11 is 0. The lowest BCUT2D eigenvalue weighted by molar-refractivity contribution is 0.0793. The quantitative estimate of drug-likeness (QED) is 0.857. The van der Waals surface area contributed by atoms with Crippen molar-refractivity contribution in [2.24, 2.45) is 0 Å². The first-order chi connectivity index (χ1) is 10.3. The van der Waals surface area contributed by atoms with Crippen molar-refractivity contribution in [2.45, 2.75) is 37.7 Å². The molecule has 21 heavy (non-hydrogen) atoms. The fourth-order valence-corrected chi connectivity index (χ4v) is 3.25. The van der Waals surface area contributed by atoms with Gasteiger partial charge in [0.25, 0.3) is 0 Å². The van der Waals surface area contributed by atoms with Gasteiger partial charge in [-0.1, -0.05) is 12.2 Å². The first-order valence-electron chi connectivity index (χ1n) is 7.47. The molecule has 1 aromatic rings. The number of aromatic nitrogens is 1. The monoisotopic (exact) mass is 287 g/mol. The van der Waals surface area contributed by atoms with E-state index in [4.69, 9.17) is 9.15 Å². The average Bonchev–Trinajstić information content (AvgIpc) is 2.99. The van der Waals surface area contributed by atoms with Gasteiger partial charge < -0.3 is 14.3 Å². The SMILES string of the molecule is O=C1c2nc(C3CCOCC3)oc2C2=CCCC=C2C1O. The second-order valence-corrected chi connectivity index (χ2v) is 5.74. The summed E-state index contributed by atoms with van der Waals surface area (Å²) in [4.78, 5) is 16.7. The summed E-state index contributed by atoms with van der Waals surface area (Å²) in [6.07, 6.45) is 6.32. The van der Waals surface area contributed by atoms with Crippen LogP contribution < -0.4 is 0 Å². The zero-order valence-electron chi connectivity index (χ0n) is 11.7. The van der Waals surface area contributed by atoms with Crippen molar-refractivity contribution in [1.82, 2.24) is 4.98 Å². The molecule has 2 aliphatic carbocycles. The van der Waals surface area contributed by atoms with Crippen LogP contribution >= 0.6 is 0 Å². The minimum atomic E-state index is -1.10. The van der Waals surface area contributed by atoms with Crippen LogP contribution in [-0.2, 0) is 4.74 Å². The van der Waals surface area contributed by atoms with Crippen LogP contribution in [0.2, 0.25) is 0 Å². The number of aliphatic hydroxyl groups excluding tert-OH is 1. The number of fused-ring (bicyclic) bond motifs is 3. The van der Waals surface area contributed by atoms with Gasteiger partial charge in [0.1, 0.15) is 6.10 Å². The number of nitrogens with zero attached hydrogens (tertiary/aromatic N) is 1. The summed E-state index contributed by atoms with van der Waals surface area (Å²) in [6, 6.07) is 0. The Morgan fingerprint density at radius 1 is 1.19 bits per heavy atom. The van der Waals surface area contributed by atoms with Gasteiger partial charge in [-0.25, -0.2) is 4.98 Å². The van der Waals surface area contributed by atoms with E-state index >= 15 is 0 Å². The molecule has 110 valence electrons. The highest BCUT2D eigenvalue weighted by molar-refractivity contribution is 6.10. The van der Waals surface area contributed by atoms with E-state index in [2.05, 4.69) is 4.98 Å². The minimum Gasteiger partial charge on any atom is -0.440 e. The fraction of sp³-hybridized carbons (Fsp3) is 0.500. The summed E-state index contributed by atoms with van der Waals surface area (Å²) < 4.78 is 11.3. The number of rotatable bonds is 1. The molecule has 0 spiro atoms. The van der Waals surface area contributed by atoms with E-state index in [1.54, 1.807) is 0 Å². The summed E-state index contributed by atoms with van der Waals surface area (Å²) in [6.45, 7) is 1.39. The lowest BCUT2D eigenvalue weighted by atomic mass is 9.84. The number of hydrogen-bond acceptors (Lipinski definition) is 5. The number of ketones is 1. The van der Waals surface area contributed by atoms with Crippen molar-refractivity contribution in [2.75, 3.05) is 13.2 Å². The van der Waals surface area contributed by atoms with Gasteiger partial charge in [-0.2, -0.15) is 0 Å². The lowest BCUT2D eigenvalue weighted by Gasteiger charge is -2.23. The van der Waals surface area contributed by atoms with Crippen molar-refractivity contribution >= 4 is 11.4 Å². The first kappa shape index (κ1) is 13.0. The minimum absolute atomic E-state index is 0.200. The van der Waals surface area contributed by atoms with Crippen molar-refractivity contribution in [3.05, 3.63) is 35.1 Å². The third-order valence-electron chi connectivity index (χ3n) is 4.43. The van der Waals surface area contributed by atoms with Gasteiger partial charge in [-0.05, 0) is 31.3 Å². The smallest absolute Gasteiger partial charge is 0.218 e. The maximum absolute atomic E-state index is 12.3. The van der Waals surface area contributed by atoms with Crippen molar-refractivity contribution in [1.29, 1.82) is 0 Å². The first-order valence-corrected chi connectivity index (χ1v) is 7.47. The number of Topliss-reactive ketones (excluding diaryl/α,β-unsaturated/α-hetero) is 1. The molecule has 1 aliphatic heterocycles. The second-order valence-electron chi connectivity index (χ2n) is 5.74. The third kappa shape index (κ3) is 2.00. The van der Waals surface area contributed by atoms with Gasteiger partial charge in [0.15, 0.2) is 17.3 Å². The topological polar surface area (TPSA) is 72.6 Å². The Hall–Kier alpha value is -1.72. The Labute approximate surface area is 122 Å². The van der Waals surface area contributed by atoms with Crippen LogP contribution in [-0.4, -0.2) is 35.2 Å². The van der Waals surface area contributed by atoms with Gasteiger partial charge in [0.05, 0.1) is 0 Å². The molecule has 5 heteroatoms. The molecule has 0 saturated carbocycles. The molecule has 1 atom stereocenters. The summed E-state index contributed by atoms with van der Waals surface area (Å²) in [5.41, 5.74) is 1.80. The number of carbonyl (C=O) groups excluding carboxylic acids is 1. The van der Waals surface area contributed by atoms with E-state index < -0.39 is 6.10 Å². The van der Waals surface area contributed by atoms with Crippen molar-refractivity contribution in [3.63, 3.8) is 0 Å². The van der Waals surface area contributed by atoms with E-state index in [0.717, 1.165) is 31.3 Å². The molecule has 5 nitrogen and oxygen atoms in total. The Morgan fingerprint density at radius 2 is 1.95 bits per heavy atom. The molecule has 1 aromatic heterocycles. The number of aliphatic hydroxyl groups is 1. The van der Waals surface area contributed by atoms with Crippen LogP contribution in [0.25, 0.3) is 5.57 Å². The molecule has 1 saturated heterocycles. The molecule has 0 bridgehead atoms. The molecule has 3 aliphatic rings. The normalized spacial score (nSPS) is 26.0. The van der Waals surface area contributed by atoms with Gasteiger partial charge in [0.2, 0.25) is 5.78 Å². The predicted octanol–water partition coefficient (Wildman–Crippen LogP) is 2.23. The van der Waals surface area contributed by atoms with E-state index in [-0.39, 0.29) is 17.4 Å². The summed E-state index contributed by atoms with van der Waals surface area (Å²) in [5, 5.41) is 10.2. The Bertz CT molecular complexity index is 649. The van der Waals surface area contributed by atoms with Crippen molar-refractivity contribution in [3.8, 4) is 0 Å².